The summed E-state index contributed by atoms with van der Waals surface area (Å²) in [5, 5.41) is 0. The predicted molar refractivity (Wildman–Crippen MR) is 81.7 cm³/mol. The van der Waals surface area contributed by atoms with Crippen molar-refractivity contribution in [2.24, 2.45) is 0 Å². The van der Waals surface area contributed by atoms with Gasteiger partial charge in [-0.3, -0.25) is 9.59 Å². The van der Waals surface area contributed by atoms with Crippen molar-refractivity contribution in [2.75, 3.05) is 19.6 Å². The molecular formula is C17H26N2O2. The fraction of sp³-hybridized carbons (Fsp3) is 0.765. The number of carbonyl (C=O) groups is 2. The second kappa shape index (κ2) is 6.20. The Kier molecular flexibility index (Phi) is 4.32. The van der Waals surface area contributed by atoms with Crippen LogP contribution in [-0.4, -0.2) is 47.3 Å². The van der Waals surface area contributed by atoms with E-state index in [2.05, 4.69) is 11.8 Å². The van der Waals surface area contributed by atoms with E-state index in [4.69, 9.17) is 0 Å². The largest absolute Gasteiger partial charge is 0.340 e. The fourth-order valence-electron chi connectivity index (χ4n) is 4.02. The molecule has 0 unspecified atom stereocenters. The van der Waals surface area contributed by atoms with Crippen molar-refractivity contribution >= 4 is 11.8 Å². The van der Waals surface area contributed by atoms with Crippen LogP contribution in [0.2, 0.25) is 0 Å². The van der Waals surface area contributed by atoms with Gasteiger partial charge in [-0.2, -0.15) is 0 Å². The van der Waals surface area contributed by atoms with Crippen molar-refractivity contribution in [3.8, 4) is 0 Å². The molecule has 0 spiro atoms. The number of hydrogen-bond donors (Lipinski definition) is 0. The molecule has 2 amide bonds. The molecule has 4 heteroatoms. The Morgan fingerprint density at radius 2 is 1.86 bits per heavy atom. The zero-order chi connectivity index (χ0) is 14.8. The highest BCUT2D eigenvalue weighted by Gasteiger charge is 2.31. The lowest BCUT2D eigenvalue weighted by Crippen LogP contribution is -2.38. The molecule has 2 heterocycles. The van der Waals surface area contributed by atoms with Gasteiger partial charge in [-0.1, -0.05) is 5.57 Å². The standard InChI is InChI=1S/C17H26N2O2/c1-13-5-2-7-15(13)17(21)18-10-3-6-14(9-12-18)19-11-4-8-16(19)20/h14H,2-12H2,1H3/t14-/m0/s1. The minimum Gasteiger partial charge on any atom is -0.340 e. The lowest BCUT2D eigenvalue weighted by atomic mass is 10.1. The van der Waals surface area contributed by atoms with Gasteiger partial charge in [-0.25, -0.2) is 0 Å². The highest BCUT2D eigenvalue weighted by atomic mass is 16.2. The maximum absolute atomic E-state index is 12.6. The van der Waals surface area contributed by atoms with E-state index >= 15 is 0 Å². The van der Waals surface area contributed by atoms with Crippen molar-refractivity contribution in [1.82, 2.24) is 9.80 Å². The van der Waals surface area contributed by atoms with Crippen LogP contribution >= 0.6 is 0 Å². The summed E-state index contributed by atoms with van der Waals surface area (Å²) in [7, 11) is 0. The molecule has 0 bridgehead atoms. The summed E-state index contributed by atoms with van der Waals surface area (Å²) in [5.74, 6) is 0.576. The lowest BCUT2D eigenvalue weighted by Gasteiger charge is -2.27. The van der Waals surface area contributed by atoms with Gasteiger partial charge in [-0.15, -0.1) is 0 Å². The third-order valence-corrected chi connectivity index (χ3v) is 5.29. The van der Waals surface area contributed by atoms with E-state index in [0.29, 0.717) is 18.4 Å². The number of likely N-dealkylation sites (tertiary alicyclic amines) is 2. The van der Waals surface area contributed by atoms with Gasteiger partial charge in [0.25, 0.3) is 0 Å². The zero-order valence-corrected chi connectivity index (χ0v) is 13.1. The highest BCUT2D eigenvalue weighted by molar-refractivity contribution is 5.94. The third kappa shape index (κ3) is 2.99. The first-order chi connectivity index (χ1) is 10.2. The Bertz CT molecular complexity index is 469. The molecule has 1 atom stereocenters. The molecule has 2 aliphatic heterocycles. The number of rotatable bonds is 2. The van der Waals surface area contributed by atoms with Gasteiger partial charge in [0.2, 0.25) is 11.8 Å². The fourth-order valence-corrected chi connectivity index (χ4v) is 4.02. The molecule has 116 valence electrons. The first kappa shape index (κ1) is 14.6. The van der Waals surface area contributed by atoms with Gasteiger partial charge < -0.3 is 9.80 Å². The van der Waals surface area contributed by atoms with Gasteiger partial charge in [0, 0.05) is 37.7 Å². The molecule has 0 N–H and O–H groups in total. The molecule has 2 saturated heterocycles. The maximum Gasteiger partial charge on any atom is 0.249 e. The van der Waals surface area contributed by atoms with E-state index in [1.165, 1.54) is 5.57 Å². The molecule has 0 aromatic heterocycles. The van der Waals surface area contributed by atoms with Crippen molar-refractivity contribution in [3.05, 3.63) is 11.1 Å². The van der Waals surface area contributed by atoms with Crippen LogP contribution in [0.25, 0.3) is 0 Å². The molecule has 4 nitrogen and oxygen atoms in total. The van der Waals surface area contributed by atoms with E-state index in [1.54, 1.807) is 0 Å². The molecule has 0 aromatic carbocycles. The van der Waals surface area contributed by atoms with Crippen LogP contribution in [0.3, 0.4) is 0 Å². The molecule has 1 aliphatic carbocycles. The monoisotopic (exact) mass is 290 g/mol. The Labute approximate surface area is 127 Å². The highest BCUT2D eigenvalue weighted by Crippen LogP contribution is 2.28. The summed E-state index contributed by atoms with van der Waals surface area (Å²) in [5.41, 5.74) is 2.35. The average Bonchev–Trinajstić information content (AvgIpc) is 3.00. The first-order valence-corrected chi connectivity index (χ1v) is 8.44. The van der Waals surface area contributed by atoms with Crippen LogP contribution < -0.4 is 0 Å². The number of hydrogen-bond acceptors (Lipinski definition) is 2. The molecule has 0 radical (unpaired) electrons. The Balaban J connectivity index is 1.62. The predicted octanol–water partition coefficient (Wildman–Crippen LogP) is 2.49. The van der Waals surface area contributed by atoms with E-state index < -0.39 is 0 Å². The number of carbonyl (C=O) groups excluding carboxylic acids is 2. The minimum absolute atomic E-state index is 0.262. The van der Waals surface area contributed by atoms with Crippen LogP contribution in [0.5, 0.6) is 0 Å². The second-order valence-corrected chi connectivity index (χ2v) is 6.68. The minimum atomic E-state index is 0.262. The molecular weight excluding hydrogens is 264 g/mol. The van der Waals surface area contributed by atoms with Gasteiger partial charge in [0.15, 0.2) is 0 Å². The van der Waals surface area contributed by atoms with E-state index in [9.17, 15) is 9.59 Å². The Morgan fingerprint density at radius 3 is 2.52 bits per heavy atom. The van der Waals surface area contributed by atoms with Crippen molar-refractivity contribution < 1.29 is 9.59 Å². The summed E-state index contributed by atoms with van der Waals surface area (Å²) >= 11 is 0. The molecule has 3 rings (SSSR count). The Hall–Kier alpha value is -1.32. The van der Waals surface area contributed by atoms with Crippen molar-refractivity contribution in [3.63, 3.8) is 0 Å². The lowest BCUT2D eigenvalue weighted by molar-refractivity contribution is -0.129. The van der Waals surface area contributed by atoms with Crippen molar-refractivity contribution in [2.45, 2.75) is 64.3 Å². The number of allylic oxidation sites excluding steroid dienone is 1. The first-order valence-electron chi connectivity index (χ1n) is 8.44. The van der Waals surface area contributed by atoms with Crippen molar-refractivity contribution in [1.29, 1.82) is 0 Å². The molecule has 21 heavy (non-hydrogen) atoms. The zero-order valence-electron chi connectivity index (χ0n) is 13.1. The normalized spacial score (nSPS) is 27.5. The van der Waals surface area contributed by atoms with Gasteiger partial charge >= 0.3 is 0 Å². The quantitative estimate of drug-likeness (QED) is 0.784. The summed E-state index contributed by atoms with van der Waals surface area (Å²) in [6.45, 7) is 4.68. The Morgan fingerprint density at radius 1 is 1.00 bits per heavy atom. The SMILES string of the molecule is CC1=C(C(=O)N2CCC[C@H](N3CCCC3=O)CC2)CCC1. The van der Waals surface area contributed by atoms with Gasteiger partial charge in [-0.05, 0) is 51.9 Å². The smallest absolute Gasteiger partial charge is 0.249 e. The van der Waals surface area contributed by atoms with Crippen LogP contribution in [0, 0.1) is 0 Å². The summed E-state index contributed by atoms with van der Waals surface area (Å²) in [4.78, 5) is 28.6. The number of nitrogens with zero attached hydrogens (tertiary/aromatic N) is 2. The van der Waals surface area contributed by atoms with Gasteiger partial charge in [0.05, 0.1) is 0 Å². The van der Waals surface area contributed by atoms with E-state index in [-0.39, 0.29) is 5.91 Å². The van der Waals surface area contributed by atoms with E-state index in [1.807, 2.05) is 4.90 Å². The topological polar surface area (TPSA) is 40.6 Å². The molecule has 3 aliphatic rings. The average molecular weight is 290 g/mol. The van der Waals surface area contributed by atoms with E-state index in [0.717, 1.165) is 70.2 Å². The van der Waals surface area contributed by atoms with Crippen LogP contribution in [-0.2, 0) is 9.59 Å². The van der Waals surface area contributed by atoms with Crippen LogP contribution in [0.15, 0.2) is 11.1 Å². The summed E-state index contributed by atoms with van der Waals surface area (Å²) < 4.78 is 0. The number of amides is 2. The van der Waals surface area contributed by atoms with Crippen LogP contribution in [0.4, 0.5) is 0 Å². The van der Waals surface area contributed by atoms with Crippen LogP contribution in [0.1, 0.15) is 58.3 Å². The molecule has 0 saturated carbocycles. The summed E-state index contributed by atoms with van der Waals surface area (Å²) in [6, 6.07) is 0.358. The summed E-state index contributed by atoms with van der Waals surface area (Å²) in [6.07, 6.45) is 7.90. The van der Waals surface area contributed by atoms with Gasteiger partial charge in [0.1, 0.15) is 0 Å². The maximum atomic E-state index is 12.6. The molecule has 0 aromatic rings. The molecule has 2 fully saturated rings. The third-order valence-electron chi connectivity index (χ3n) is 5.29. The second-order valence-electron chi connectivity index (χ2n) is 6.68.